The van der Waals surface area contributed by atoms with Crippen LogP contribution >= 0.6 is 11.6 Å². The summed E-state index contributed by atoms with van der Waals surface area (Å²) >= 11 is 6.12. The van der Waals surface area contributed by atoms with Crippen LogP contribution in [0, 0.1) is 0 Å². The lowest BCUT2D eigenvalue weighted by atomic mass is 9.88. The highest BCUT2D eigenvalue weighted by molar-refractivity contribution is 6.32. The second kappa shape index (κ2) is 5.59. The molecule has 0 radical (unpaired) electrons. The molecule has 0 saturated carbocycles. The van der Waals surface area contributed by atoms with Gasteiger partial charge in [-0.3, -0.25) is 0 Å². The molecular formula is C19H18ClNO2. The molecule has 118 valence electrons. The van der Waals surface area contributed by atoms with Crippen LogP contribution in [0.2, 0.25) is 5.02 Å². The van der Waals surface area contributed by atoms with E-state index >= 15 is 0 Å². The van der Waals surface area contributed by atoms with Gasteiger partial charge in [-0.15, -0.1) is 0 Å². The molecule has 0 spiro atoms. The molecule has 0 saturated heterocycles. The molecule has 2 aliphatic heterocycles. The van der Waals surface area contributed by atoms with E-state index in [1.807, 2.05) is 18.2 Å². The number of halogens is 1. The van der Waals surface area contributed by atoms with Crippen molar-refractivity contribution in [2.45, 2.75) is 12.3 Å². The summed E-state index contributed by atoms with van der Waals surface area (Å²) in [6.45, 7) is 1.86. The third-order valence-corrected chi connectivity index (χ3v) is 5.03. The molecule has 0 fully saturated rings. The monoisotopic (exact) mass is 327 g/mol. The minimum absolute atomic E-state index is 0.146. The molecule has 1 unspecified atom stereocenters. The predicted octanol–water partition coefficient (Wildman–Crippen LogP) is 4.36. The van der Waals surface area contributed by atoms with Gasteiger partial charge in [-0.05, 0) is 48.9 Å². The molecule has 1 aliphatic carbocycles. The first kappa shape index (κ1) is 14.6. The average Bonchev–Trinajstić information content (AvgIpc) is 2.91. The summed E-state index contributed by atoms with van der Waals surface area (Å²) in [5.74, 6) is 1.23. The molecule has 0 amide bonds. The number of aromatic hydroxyl groups is 1. The SMILES string of the molecule is CN1CCc2cc(Cl)c(O)cc2C(c2ccc3cccoc2-3)C1. The number of hydrogen-bond donors (Lipinski definition) is 1. The largest absolute Gasteiger partial charge is 0.506 e. The van der Waals surface area contributed by atoms with Crippen LogP contribution < -0.4 is 0 Å². The molecular weight excluding hydrogens is 310 g/mol. The molecule has 3 aliphatic rings. The van der Waals surface area contributed by atoms with Gasteiger partial charge in [0.25, 0.3) is 0 Å². The zero-order valence-electron chi connectivity index (χ0n) is 12.9. The number of phenols is 1. The van der Waals surface area contributed by atoms with E-state index in [0.29, 0.717) is 5.02 Å². The second-order valence-electron chi connectivity index (χ2n) is 6.25. The van der Waals surface area contributed by atoms with Crippen molar-refractivity contribution >= 4 is 11.6 Å². The zero-order chi connectivity index (χ0) is 16.0. The van der Waals surface area contributed by atoms with Gasteiger partial charge >= 0.3 is 0 Å². The fourth-order valence-electron chi connectivity index (χ4n) is 3.53. The maximum Gasteiger partial charge on any atom is 0.137 e. The number of rotatable bonds is 1. The number of phenolic OH excluding ortho intramolecular Hbond substituents is 1. The number of fused-ring (bicyclic) bond motifs is 2. The Morgan fingerprint density at radius 2 is 2.09 bits per heavy atom. The number of nitrogens with zero attached hydrogens (tertiary/aromatic N) is 1. The summed E-state index contributed by atoms with van der Waals surface area (Å²) in [6.07, 6.45) is 2.64. The fourth-order valence-corrected chi connectivity index (χ4v) is 3.71. The van der Waals surface area contributed by atoms with Crippen LogP contribution in [0.5, 0.6) is 5.75 Å². The van der Waals surface area contributed by atoms with Gasteiger partial charge in [0.2, 0.25) is 0 Å². The van der Waals surface area contributed by atoms with Crippen LogP contribution in [0.3, 0.4) is 0 Å². The Labute approximate surface area is 140 Å². The standard InChI is InChI=1S/C19H18ClNO2/c1-21-7-6-13-9-17(20)18(22)10-15(13)16(11-21)14-5-4-12-3-2-8-23-19(12)14/h2-5,8-10,16,22H,6-7,11H2,1H3. The first-order chi connectivity index (χ1) is 11.1. The lowest BCUT2D eigenvalue weighted by Crippen LogP contribution is -2.24. The van der Waals surface area contributed by atoms with Crippen molar-refractivity contribution in [1.29, 1.82) is 0 Å². The van der Waals surface area contributed by atoms with E-state index in [2.05, 4.69) is 30.1 Å². The molecule has 1 aromatic rings. The fraction of sp³-hybridized carbons (Fsp3) is 0.263. The van der Waals surface area contributed by atoms with Crippen LogP contribution in [0.4, 0.5) is 0 Å². The Hall–Kier alpha value is -1.97. The lowest BCUT2D eigenvalue weighted by Gasteiger charge is -2.22. The van der Waals surface area contributed by atoms with Gasteiger partial charge < -0.3 is 14.4 Å². The third kappa shape index (κ3) is 2.50. The van der Waals surface area contributed by atoms with Gasteiger partial charge in [0.15, 0.2) is 0 Å². The van der Waals surface area contributed by atoms with Gasteiger partial charge in [0.1, 0.15) is 11.5 Å². The van der Waals surface area contributed by atoms with Crippen molar-refractivity contribution in [3.05, 3.63) is 64.4 Å². The Bertz CT molecular complexity index is 826. The minimum atomic E-state index is 0.146. The van der Waals surface area contributed by atoms with Crippen LogP contribution in [-0.4, -0.2) is 30.1 Å². The second-order valence-corrected chi connectivity index (χ2v) is 6.66. The number of hydrogen-bond acceptors (Lipinski definition) is 3. The average molecular weight is 328 g/mol. The van der Waals surface area contributed by atoms with E-state index in [0.717, 1.165) is 42.0 Å². The van der Waals surface area contributed by atoms with Crippen molar-refractivity contribution in [2.75, 3.05) is 20.1 Å². The third-order valence-electron chi connectivity index (χ3n) is 4.72. The van der Waals surface area contributed by atoms with E-state index < -0.39 is 0 Å². The van der Waals surface area contributed by atoms with Gasteiger partial charge in [-0.2, -0.15) is 0 Å². The zero-order valence-corrected chi connectivity index (χ0v) is 13.7. The molecule has 4 rings (SSSR count). The lowest BCUT2D eigenvalue weighted by molar-refractivity contribution is 0.337. The van der Waals surface area contributed by atoms with Crippen molar-refractivity contribution in [3.63, 3.8) is 0 Å². The quantitative estimate of drug-likeness (QED) is 0.721. The van der Waals surface area contributed by atoms with E-state index in [-0.39, 0.29) is 11.7 Å². The van der Waals surface area contributed by atoms with Crippen molar-refractivity contribution in [2.24, 2.45) is 0 Å². The topological polar surface area (TPSA) is 36.6 Å². The molecule has 4 heteroatoms. The molecule has 23 heavy (non-hydrogen) atoms. The summed E-state index contributed by atoms with van der Waals surface area (Å²) in [4.78, 5) is 2.32. The summed E-state index contributed by atoms with van der Waals surface area (Å²) in [5.41, 5.74) is 4.61. The van der Waals surface area contributed by atoms with Crippen LogP contribution in [-0.2, 0) is 6.42 Å². The minimum Gasteiger partial charge on any atom is -0.506 e. The van der Waals surface area contributed by atoms with E-state index in [1.54, 1.807) is 6.26 Å². The van der Waals surface area contributed by atoms with Gasteiger partial charge in [-0.25, -0.2) is 0 Å². The maximum absolute atomic E-state index is 10.1. The predicted molar refractivity (Wildman–Crippen MR) is 91.5 cm³/mol. The smallest absolute Gasteiger partial charge is 0.137 e. The summed E-state index contributed by atoms with van der Waals surface area (Å²) in [7, 11) is 2.13. The summed E-state index contributed by atoms with van der Waals surface area (Å²) < 4.78 is 5.77. The van der Waals surface area contributed by atoms with Crippen LogP contribution in [0.15, 0.2) is 47.1 Å². The molecule has 3 nitrogen and oxygen atoms in total. The number of likely N-dealkylation sites (N-methyl/N-ethyl adjacent to an activating group) is 1. The molecule has 1 atom stereocenters. The molecule has 1 N–H and O–H groups in total. The highest BCUT2D eigenvalue weighted by atomic mass is 35.5. The Kier molecular flexibility index (Phi) is 3.55. The highest BCUT2D eigenvalue weighted by Gasteiger charge is 2.28. The van der Waals surface area contributed by atoms with Gasteiger partial charge in [0, 0.05) is 30.1 Å². The molecule has 1 aromatic carbocycles. The Morgan fingerprint density at radius 3 is 2.96 bits per heavy atom. The summed E-state index contributed by atoms with van der Waals surface area (Å²) in [5, 5.41) is 10.5. The summed E-state index contributed by atoms with van der Waals surface area (Å²) in [6, 6.07) is 11.9. The normalized spacial score (nSPS) is 18.8. The van der Waals surface area contributed by atoms with E-state index in [4.69, 9.17) is 16.0 Å². The van der Waals surface area contributed by atoms with E-state index in [9.17, 15) is 5.11 Å². The first-order valence-electron chi connectivity index (χ1n) is 7.79. The van der Waals surface area contributed by atoms with Crippen molar-refractivity contribution < 1.29 is 9.52 Å². The Morgan fingerprint density at radius 1 is 1.22 bits per heavy atom. The van der Waals surface area contributed by atoms with Crippen molar-refractivity contribution in [3.8, 4) is 17.1 Å². The van der Waals surface area contributed by atoms with Gasteiger partial charge in [0.05, 0.1) is 11.3 Å². The van der Waals surface area contributed by atoms with E-state index in [1.165, 1.54) is 5.56 Å². The molecule has 2 heterocycles. The van der Waals surface area contributed by atoms with Gasteiger partial charge in [-0.1, -0.05) is 23.7 Å². The molecule has 0 aromatic heterocycles. The van der Waals surface area contributed by atoms with Crippen LogP contribution in [0.25, 0.3) is 11.3 Å². The van der Waals surface area contributed by atoms with Crippen LogP contribution in [0.1, 0.15) is 22.6 Å². The van der Waals surface area contributed by atoms with Crippen molar-refractivity contribution in [1.82, 2.24) is 4.90 Å². The number of benzene rings is 1. The maximum atomic E-state index is 10.1. The Balaban J connectivity index is 1.89. The first-order valence-corrected chi connectivity index (χ1v) is 8.17. The highest BCUT2D eigenvalue weighted by Crippen LogP contribution is 2.41. The molecule has 0 bridgehead atoms.